The number of rotatable bonds is 10. The van der Waals surface area contributed by atoms with Crippen molar-refractivity contribution < 1.29 is 27.8 Å². The highest BCUT2D eigenvalue weighted by Crippen LogP contribution is 2.37. The average molecular weight is 681 g/mol. The van der Waals surface area contributed by atoms with Crippen LogP contribution < -0.4 is 5.32 Å². The third-order valence-electron chi connectivity index (χ3n) is 8.47. The Morgan fingerprint density at radius 2 is 1.85 bits per heavy atom. The number of aromatic nitrogens is 4. The van der Waals surface area contributed by atoms with Crippen LogP contribution in [0.1, 0.15) is 63.2 Å². The SMILES string of the molecule is CC(C)(C)OC(=O)N1Cc2nc(-c3nn(C4CCCCO4)c4ccc(NCc5cc(F)cc(F)c5)cc34)n(COCC[Si](C)(C)C)c2C1. The van der Waals surface area contributed by atoms with Crippen molar-refractivity contribution >= 4 is 30.8 Å². The fraction of sp³-hybridized carbons (Fsp3) is 0.514. The van der Waals surface area contributed by atoms with Crippen molar-refractivity contribution in [1.82, 2.24) is 24.2 Å². The van der Waals surface area contributed by atoms with E-state index in [-0.39, 0.29) is 25.6 Å². The average Bonchev–Trinajstić information content (AvgIpc) is 3.68. The van der Waals surface area contributed by atoms with Gasteiger partial charge in [0.1, 0.15) is 29.7 Å². The molecule has 6 rings (SSSR count). The van der Waals surface area contributed by atoms with Gasteiger partial charge in [0.15, 0.2) is 12.1 Å². The number of benzene rings is 2. The zero-order chi connectivity index (χ0) is 34.2. The van der Waals surface area contributed by atoms with Crippen molar-refractivity contribution in [2.45, 2.75) is 104 Å². The number of carbonyl (C=O) groups excluding carboxylic acids is 1. The largest absolute Gasteiger partial charge is 0.444 e. The molecule has 1 amide bonds. The first-order valence-corrected chi connectivity index (χ1v) is 20.4. The second kappa shape index (κ2) is 13.6. The summed E-state index contributed by atoms with van der Waals surface area (Å²) in [6.07, 6.45) is 2.30. The highest BCUT2D eigenvalue weighted by atomic mass is 28.3. The second-order valence-electron chi connectivity index (χ2n) is 14.9. The minimum absolute atomic E-state index is 0.213. The van der Waals surface area contributed by atoms with E-state index >= 15 is 0 Å². The van der Waals surface area contributed by atoms with Gasteiger partial charge in [-0.25, -0.2) is 23.2 Å². The van der Waals surface area contributed by atoms with Crippen LogP contribution in [-0.4, -0.2) is 57.2 Å². The fourth-order valence-electron chi connectivity index (χ4n) is 6.04. The number of ether oxygens (including phenoxy) is 3. The maximum Gasteiger partial charge on any atom is 0.410 e. The molecule has 2 aliphatic rings. The summed E-state index contributed by atoms with van der Waals surface area (Å²) in [6, 6.07) is 10.4. The normalized spacial score (nSPS) is 16.8. The smallest absolute Gasteiger partial charge is 0.410 e. The van der Waals surface area contributed by atoms with Crippen LogP contribution in [-0.2, 0) is 40.6 Å². The molecule has 1 atom stereocenters. The topological polar surface area (TPSA) is 95.7 Å². The number of halogens is 2. The molecule has 0 bridgehead atoms. The van der Waals surface area contributed by atoms with Gasteiger partial charge in [-0.3, -0.25) is 4.90 Å². The molecule has 0 radical (unpaired) electrons. The van der Waals surface area contributed by atoms with Gasteiger partial charge in [0.2, 0.25) is 0 Å². The maximum absolute atomic E-state index is 13.9. The van der Waals surface area contributed by atoms with E-state index in [1.807, 2.05) is 48.2 Å². The van der Waals surface area contributed by atoms with E-state index in [4.69, 9.17) is 24.3 Å². The van der Waals surface area contributed by atoms with Crippen LogP contribution in [0.5, 0.6) is 0 Å². The van der Waals surface area contributed by atoms with Crippen molar-refractivity contribution in [3.05, 3.63) is 65.0 Å². The van der Waals surface area contributed by atoms with Gasteiger partial charge in [0, 0.05) is 45.0 Å². The lowest BCUT2D eigenvalue weighted by atomic mass is 10.1. The van der Waals surface area contributed by atoms with Crippen LogP contribution >= 0.6 is 0 Å². The highest BCUT2D eigenvalue weighted by molar-refractivity contribution is 6.76. The highest BCUT2D eigenvalue weighted by Gasteiger charge is 2.34. The molecule has 0 saturated carbocycles. The summed E-state index contributed by atoms with van der Waals surface area (Å²) in [7, 11) is -1.32. The monoisotopic (exact) mass is 680 g/mol. The van der Waals surface area contributed by atoms with Crippen LogP contribution in [0.4, 0.5) is 19.3 Å². The number of nitrogens with zero attached hydrogens (tertiary/aromatic N) is 5. The van der Waals surface area contributed by atoms with Crippen molar-refractivity contribution in [3.63, 3.8) is 0 Å². The summed E-state index contributed by atoms with van der Waals surface area (Å²) in [5, 5.41) is 9.31. The second-order valence-corrected chi connectivity index (χ2v) is 20.5. The van der Waals surface area contributed by atoms with E-state index < -0.39 is 25.3 Å². The Bertz CT molecular complexity index is 1770. The minimum Gasteiger partial charge on any atom is -0.444 e. The van der Waals surface area contributed by atoms with E-state index in [2.05, 4.69) is 25.0 Å². The van der Waals surface area contributed by atoms with Gasteiger partial charge in [-0.05, 0) is 82.0 Å². The molecule has 1 unspecified atom stereocenters. The van der Waals surface area contributed by atoms with Crippen LogP contribution in [0, 0.1) is 11.6 Å². The standard InChI is InChI=1S/C35H46F2N6O4Si/c1-35(2,3)47-34(44)41-20-28-30(21-41)42(22-45-13-14-48(4,5)6)33(39-28)32-27-18-26(38-19-23-15-24(36)17-25(37)16-23)10-11-29(27)43(40-32)31-9-7-8-12-46-31/h10-11,15-18,31,38H,7-9,12-14,19-22H2,1-6H3. The number of anilines is 1. The van der Waals surface area contributed by atoms with Crippen LogP contribution in [0.25, 0.3) is 22.4 Å². The Kier molecular flexibility index (Phi) is 9.65. The van der Waals surface area contributed by atoms with Crippen molar-refractivity contribution in [3.8, 4) is 11.5 Å². The molecule has 2 aliphatic heterocycles. The predicted octanol–water partition coefficient (Wildman–Crippen LogP) is 8.05. The summed E-state index contributed by atoms with van der Waals surface area (Å²) < 4.78 is 49.8. The molecule has 48 heavy (non-hydrogen) atoms. The molecule has 1 N–H and O–H groups in total. The van der Waals surface area contributed by atoms with E-state index in [1.165, 1.54) is 12.1 Å². The lowest BCUT2D eigenvalue weighted by Gasteiger charge is -2.24. The van der Waals surface area contributed by atoms with Crippen molar-refractivity contribution in [2.75, 3.05) is 18.5 Å². The van der Waals surface area contributed by atoms with Gasteiger partial charge >= 0.3 is 6.09 Å². The third kappa shape index (κ3) is 7.90. The molecular formula is C35H46F2N6O4Si. The molecule has 1 saturated heterocycles. The zero-order valence-electron chi connectivity index (χ0n) is 28.7. The molecule has 2 aromatic carbocycles. The van der Waals surface area contributed by atoms with E-state index in [0.29, 0.717) is 43.4 Å². The Balaban J connectivity index is 1.38. The Hall–Kier alpha value is -3.81. The Labute approximate surface area is 281 Å². The first kappa shape index (κ1) is 34.1. The third-order valence-corrected chi connectivity index (χ3v) is 10.2. The van der Waals surface area contributed by atoms with Gasteiger partial charge in [0.25, 0.3) is 0 Å². The number of fused-ring (bicyclic) bond motifs is 2. The molecule has 13 heteroatoms. The number of hydrogen-bond donors (Lipinski definition) is 1. The van der Waals surface area contributed by atoms with Crippen LogP contribution in [0.3, 0.4) is 0 Å². The molecular weight excluding hydrogens is 635 g/mol. The number of hydrogen-bond acceptors (Lipinski definition) is 7. The predicted molar refractivity (Wildman–Crippen MR) is 183 cm³/mol. The molecule has 4 heterocycles. The number of nitrogens with one attached hydrogen (secondary N) is 1. The van der Waals surface area contributed by atoms with Gasteiger partial charge in [-0.15, -0.1) is 0 Å². The number of carbonyl (C=O) groups is 1. The molecule has 2 aromatic heterocycles. The lowest BCUT2D eigenvalue weighted by molar-refractivity contribution is -0.0365. The zero-order valence-corrected chi connectivity index (χ0v) is 29.7. The van der Waals surface area contributed by atoms with E-state index in [9.17, 15) is 13.6 Å². The molecule has 258 valence electrons. The van der Waals surface area contributed by atoms with Gasteiger partial charge in [-0.1, -0.05) is 19.6 Å². The quantitative estimate of drug-likeness (QED) is 0.134. The summed E-state index contributed by atoms with van der Waals surface area (Å²) in [5.41, 5.74) is 3.89. The molecule has 4 aromatic rings. The minimum atomic E-state index is -1.32. The molecule has 0 spiro atoms. The number of amides is 1. The lowest BCUT2D eigenvalue weighted by Crippen LogP contribution is -2.34. The van der Waals surface area contributed by atoms with Crippen LogP contribution in [0.2, 0.25) is 25.7 Å². The van der Waals surface area contributed by atoms with Gasteiger partial charge < -0.3 is 24.1 Å². The fourth-order valence-corrected chi connectivity index (χ4v) is 6.79. The summed E-state index contributed by atoms with van der Waals surface area (Å²) >= 11 is 0. The van der Waals surface area contributed by atoms with Gasteiger partial charge in [-0.2, -0.15) is 5.10 Å². The van der Waals surface area contributed by atoms with Gasteiger partial charge in [0.05, 0.1) is 30.0 Å². The molecule has 0 aliphatic carbocycles. The Morgan fingerprint density at radius 1 is 1.08 bits per heavy atom. The van der Waals surface area contributed by atoms with E-state index in [1.54, 1.807) is 4.90 Å². The Morgan fingerprint density at radius 3 is 2.54 bits per heavy atom. The van der Waals surface area contributed by atoms with Crippen LogP contribution in [0.15, 0.2) is 36.4 Å². The van der Waals surface area contributed by atoms with E-state index in [0.717, 1.165) is 59.4 Å². The van der Waals surface area contributed by atoms with Crippen molar-refractivity contribution in [2.24, 2.45) is 0 Å². The number of imidazole rings is 1. The first-order valence-electron chi connectivity index (χ1n) is 16.7. The summed E-state index contributed by atoms with van der Waals surface area (Å²) in [4.78, 5) is 19.8. The van der Waals surface area contributed by atoms with Crippen molar-refractivity contribution in [1.29, 1.82) is 0 Å². The molecule has 10 nitrogen and oxygen atoms in total. The summed E-state index contributed by atoms with van der Waals surface area (Å²) in [6.45, 7) is 15.0. The molecule has 1 fully saturated rings. The maximum atomic E-state index is 13.9. The summed E-state index contributed by atoms with van der Waals surface area (Å²) in [5.74, 6) is -0.577. The first-order chi connectivity index (χ1) is 22.7.